The predicted molar refractivity (Wildman–Crippen MR) is 43.6 cm³/mol. The third kappa shape index (κ3) is 1.04. The van der Waals surface area contributed by atoms with Crippen LogP contribution in [0.1, 0.15) is 0 Å². The second kappa shape index (κ2) is 2.46. The molecule has 0 bridgehead atoms. The van der Waals surface area contributed by atoms with E-state index in [0.29, 0.717) is 0 Å². The first kappa shape index (κ1) is 6.53. The lowest BCUT2D eigenvalue weighted by Gasteiger charge is -2.25. The lowest BCUT2D eigenvalue weighted by Crippen LogP contribution is -2.25. The van der Waals surface area contributed by atoms with E-state index in [0.717, 1.165) is 18.0 Å². The smallest absolute Gasteiger partial charge is 0.217 e. The van der Waals surface area contributed by atoms with Crippen molar-refractivity contribution in [2.45, 2.75) is 0 Å². The summed E-state index contributed by atoms with van der Waals surface area (Å²) in [7, 11) is 2.02. The summed E-state index contributed by atoms with van der Waals surface area (Å²) in [5.41, 5.74) is 1.13. The van der Waals surface area contributed by atoms with Crippen molar-refractivity contribution in [3.63, 3.8) is 0 Å². The van der Waals surface area contributed by atoms with Crippen molar-refractivity contribution in [2.75, 3.05) is 18.5 Å². The Morgan fingerprint density at radius 3 is 3.09 bits per heavy atom. The average molecular weight is 147 g/mol. The van der Waals surface area contributed by atoms with Gasteiger partial charge in [0, 0.05) is 7.05 Å². The number of ether oxygens (including phenoxy) is 1. The molecule has 2 heteroatoms. The Hall–Kier alpha value is -1.18. The van der Waals surface area contributed by atoms with Crippen molar-refractivity contribution in [2.24, 2.45) is 0 Å². The minimum absolute atomic E-state index is 0.733. The number of hydrogen-bond acceptors (Lipinski definition) is 2. The SMILES string of the molecule is CN1C[C]Oc2ccccc21. The van der Waals surface area contributed by atoms with Crippen LogP contribution in [0.25, 0.3) is 0 Å². The summed E-state index contributed by atoms with van der Waals surface area (Å²) in [4.78, 5) is 2.10. The van der Waals surface area contributed by atoms with Crippen molar-refractivity contribution in [1.29, 1.82) is 0 Å². The fraction of sp³-hybridized carbons (Fsp3) is 0.222. The van der Waals surface area contributed by atoms with Gasteiger partial charge < -0.3 is 9.64 Å². The standard InChI is InChI=1S/C9H9NO/c1-10-6-7-11-9-5-3-2-4-8(9)10/h2-5H,6H2,1H3. The maximum atomic E-state index is 5.20. The maximum Gasteiger partial charge on any atom is 0.217 e. The Kier molecular flexibility index (Phi) is 1.46. The minimum Gasteiger partial charge on any atom is -0.474 e. The summed E-state index contributed by atoms with van der Waals surface area (Å²) in [5, 5.41) is 0. The first-order valence-corrected chi connectivity index (χ1v) is 3.58. The lowest BCUT2D eigenvalue weighted by molar-refractivity contribution is 0.388. The lowest BCUT2D eigenvalue weighted by atomic mass is 10.2. The van der Waals surface area contributed by atoms with E-state index in [-0.39, 0.29) is 0 Å². The van der Waals surface area contributed by atoms with Gasteiger partial charge in [-0.05, 0) is 12.1 Å². The molecule has 1 aliphatic heterocycles. The van der Waals surface area contributed by atoms with Gasteiger partial charge in [-0.25, -0.2) is 0 Å². The Morgan fingerprint density at radius 2 is 2.27 bits per heavy atom. The summed E-state index contributed by atoms with van der Waals surface area (Å²) in [6.07, 6.45) is 0. The number of para-hydroxylation sites is 2. The van der Waals surface area contributed by atoms with Crippen LogP contribution in [0.3, 0.4) is 0 Å². The number of likely N-dealkylation sites (N-methyl/N-ethyl adjacent to an activating group) is 1. The highest BCUT2D eigenvalue weighted by Gasteiger charge is 2.13. The van der Waals surface area contributed by atoms with E-state index in [9.17, 15) is 0 Å². The van der Waals surface area contributed by atoms with E-state index in [1.807, 2.05) is 31.3 Å². The van der Waals surface area contributed by atoms with Crippen LogP contribution in [-0.2, 0) is 0 Å². The van der Waals surface area contributed by atoms with Crippen LogP contribution in [0, 0.1) is 6.61 Å². The van der Waals surface area contributed by atoms with Crippen LogP contribution < -0.4 is 9.64 Å². The highest BCUT2D eigenvalue weighted by atomic mass is 16.5. The Morgan fingerprint density at radius 1 is 1.45 bits per heavy atom. The van der Waals surface area contributed by atoms with E-state index in [1.165, 1.54) is 0 Å². The molecule has 1 aliphatic rings. The topological polar surface area (TPSA) is 12.5 Å². The third-order valence-electron chi connectivity index (χ3n) is 1.76. The number of fused-ring (bicyclic) bond motifs is 1. The van der Waals surface area contributed by atoms with Gasteiger partial charge in [-0.2, -0.15) is 0 Å². The molecule has 0 aliphatic carbocycles. The maximum absolute atomic E-state index is 5.20. The monoisotopic (exact) mass is 147 g/mol. The van der Waals surface area contributed by atoms with Crippen molar-refractivity contribution in [1.82, 2.24) is 0 Å². The van der Waals surface area contributed by atoms with Gasteiger partial charge in [0.05, 0.1) is 12.2 Å². The summed E-state index contributed by atoms with van der Waals surface area (Å²) in [5.74, 6) is 0.890. The van der Waals surface area contributed by atoms with E-state index in [1.54, 1.807) is 0 Å². The molecule has 0 amide bonds. The molecule has 2 radical (unpaired) electrons. The van der Waals surface area contributed by atoms with E-state index >= 15 is 0 Å². The summed E-state index contributed by atoms with van der Waals surface area (Å²) in [6.45, 7) is 3.55. The summed E-state index contributed by atoms with van der Waals surface area (Å²) < 4.78 is 5.20. The van der Waals surface area contributed by atoms with Crippen LogP contribution in [0.15, 0.2) is 24.3 Å². The number of benzene rings is 1. The Bertz CT molecular complexity index is 259. The first-order chi connectivity index (χ1) is 5.38. The first-order valence-electron chi connectivity index (χ1n) is 3.58. The highest BCUT2D eigenvalue weighted by Crippen LogP contribution is 2.30. The summed E-state index contributed by atoms with van der Waals surface area (Å²) in [6, 6.07) is 7.94. The molecule has 0 saturated heterocycles. The largest absolute Gasteiger partial charge is 0.474 e. The molecule has 56 valence electrons. The van der Waals surface area contributed by atoms with Gasteiger partial charge in [-0.3, -0.25) is 0 Å². The van der Waals surface area contributed by atoms with Crippen LogP contribution >= 0.6 is 0 Å². The van der Waals surface area contributed by atoms with Gasteiger partial charge in [-0.15, -0.1) is 0 Å². The van der Waals surface area contributed by atoms with Gasteiger partial charge in [0.2, 0.25) is 6.61 Å². The van der Waals surface area contributed by atoms with Crippen LogP contribution in [0.5, 0.6) is 5.75 Å². The van der Waals surface area contributed by atoms with Crippen molar-refractivity contribution < 1.29 is 4.74 Å². The molecule has 2 rings (SSSR count). The zero-order valence-electron chi connectivity index (χ0n) is 6.37. The quantitative estimate of drug-likeness (QED) is 0.552. The van der Waals surface area contributed by atoms with Gasteiger partial charge in [0.25, 0.3) is 0 Å². The number of nitrogens with zero attached hydrogens (tertiary/aromatic N) is 1. The zero-order valence-corrected chi connectivity index (χ0v) is 6.37. The normalized spacial score (nSPS) is 15.5. The van der Waals surface area contributed by atoms with E-state index < -0.39 is 0 Å². The molecule has 0 aromatic heterocycles. The third-order valence-corrected chi connectivity index (χ3v) is 1.76. The second-order valence-electron chi connectivity index (χ2n) is 2.57. The molecular weight excluding hydrogens is 138 g/mol. The number of rotatable bonds is 0. The molecule has 0 fully saturated rings. The highest BCUT2D eigenvalue weighted by molar-refractivity contribution is 5.59. The van der Waals surface area contributed by atoms with Crippen LogP contribution in [0.4, 0.5) is 5.69 Å². The molecule has 0 atom stereocenters. The summed E-state index contributed by atoms with van der Waals surface area (Å²) >= 11 is 0. The van der Waals surface area contributed by atoms with Crippen molar-refractivity contribution >= 4 is 5.69 Å². The average Bonchev–Trinajstić information content (AvgIpc) is 2.06. The zero-order chi connectivity index (χ0) is 7.68. The predicted octanol–water partition coefficient (Wildman–Crippen LogP) is 1.55. The molecule has 11 heavy (non-hydrogen) atoms. The fourth-order valence-electron chi connectivity index (χ4n) is 1.15. The van der Waals surface area contributed by atoms with Gasteiger partial charge in [-0.1, -0.05) is 12.1 Å². The van der Waals surface area contributed by atoms with Gasteiger partial charge in [0.1, 0.15) is 5.75 Å². The molecule has 1 aromatic rings. The van der Waals surface area contributed by atoms with E-state index in [2.05, 4.69) is 11.5 Å². The Labute approximate surface area is 66.4 Å². The molecule has 1 heterocycles. The fourth-order valence-corrected chi connectivity index (χ4v) is 1.15. The molecule has 0 saturated carbocycles. The van der Waals surface area contributed by atoms with E-state index in [4.69, 9.17) is 4.74 Å². The van der Waals surface area contributed by atoms with Gasteiger partial charge >= 0.3 is 0 Å². The molecule has 0 unspecified atom stereocenters. The second-order valence-corrected chi connectivity index (χ2v) is 2.57. The number of hydrogen-bond donors (Lipinski definition) is 0. The van der Waals surface area contributed by atoms with Crippen molar-refractivity contribution in [3.8, 4) is 5.75 Å². The Balaban J connectivity index is 2.44. The molecule has 2 nitrogen and oxygen atoms in total. The van der Waals surface area contributed by atoms with Crippen LogP contribution in [-0.4, -0.2) is 13.6 Å². The van der Waals surface area contributed by atoms with Gasteiger partial charge in [0.15, 0.2) is 0 Å². The molecular formula is C9H9NO. The number of anilines is 1. The molecule has 0 N–H and O–H groups in total. The van der Waals surface area contributed by atoms with Crippen LogP contribution in [0.2, 0.25) is 0 Å². The molecule has 1 aromatic carbocycles. The molecule has 0 spiro atoms. The minimum atomic E-state index is 0.733. The van der Waals surface area contributed by atoms with Crippen molar-refractivity contribution in [3.05, 3.63) is 30.9 Å².